The van der Waals surface area contributed by atoms with Gasteiger partial charge >= 0.3 is 5.88 Å². The van der Waals surface area contributed by atoms with E-state index >= 15 is 0 Å². The highest BCUT2D eigenvalue weighted by molar-refractivity contribution is 5.91. The number of hydrogen-bond donors (Lipinski definition) is 2. The Kier molecular flexibility index (Phi) is 4.43. The van der Waals surface area contributed by atoms with E-state index in [1.807, 2.05) is 24.3 Å². The van der Waals surface area contributed by atoms with E-state index in [0.717, 1.165) is 16.6 Å². The fourth-order valence-corrected chi connectivity index (χ4v) is 2.63. The first-order chi connectivity index (χ1) is 13.6. The van der Waals surface area contributed by atoms with Gasteiger partial charge in [0.15, 0.2) is 5.82 Å². The molecule has 0 aliphatic heterocycles. The molecule has 0 unspecified atom stereocenters. The number of aromatic hydroxyl groups is 1. The largest absolute Gasteiger partial charge is 0.508 e. The van der Waals surface area contributed by atoms with Crippen molar-refractivity contribution >= 4 is 40.4 Å². The van der Waals surface area contributed by atoms with Crippen LogP contribution in [0.1, 0.15) is 11.6 Å². The molecule has 2 N–H and O–H groups in total. The molecule has 0 fully saturated rings. The van der Waals surface area contributed by atoms with Gasteiger partial charge in [-0.3, -0.25) is 10.1 Å². The van der Waals surface area contributed by atoms with Gasteiger partial charge in [-0.2, -0.15) is 0 Å². The SMILES string of the molecule is O=[N+]([O-])c1ccc(/C=C/c2nc(Nc3ccc(O)cc3)c3ccccc3n2)o1. The lowest BCUT2D eigenvalue weighted by Crippen LogP contribution is -1.99. The summed E-state index contributed by atoms with van der Waals surface area (Å²) in [5.41, 5.74) is 1.50. The first kappa shape index (κ1) is 17.2. The molecule has 0 spiro atoms. The van der Waals surface area contributed by atoms with Crippen molar-refractivity contribution in [2.24, 2.45) is 0 Å². The maximum atomic E-state index is 10.7. The van der Waals surface area contributed by atoms with Crippen molar-refractivity contribution in [3.63, 3.8) is 0 Å². The van der Waals surface area contributed by atoms with Crippen LogP contribution in [-0.4, -0.2) is 20.0 Å². The summed E-state index contributed by atoms with van der Waals surface area (Å²) in [6, 6.07) is 17.0. The molecule has 8 heteroatoms. The summed E-state index contributed by atoms with van der Waals surface area (Å²) in [7, 11) is 0. The smallest absolute Gasteiger partial charge is 0.433 e. The summed E-state index contributed by atoms with van der Waals surface area (Å²) in [6.45, 7) is 0. The van der Waals surface area contributed by atoms with E-state index in [9.17, 15) is 15.2 Å². The molecule has 2 aromatic heterocycles. The van der Waals surface area contributed by atoms with Crippen LogP contribution in [-0.2, 0) is 0 Å². The Balaban J connectivity index is 1.69. The second-order valence-electron chi connectivity index (χ2n) is 5.89. The Morgan fingerprint density at radius 1 is 1.00 bits per heavy atom. The minimum atomic E-state index is -0.594. The number of benzene rings is 2. The summed E-state index contributed by atoms with van der Waals surface area (Å²) in [5.74, 6) is 1.19. The van der Waals surface area contributed by atoms with Gasteiger partial charge in [-0.1, -0.05) is 12.1 Å². The van der Waals surface area contributed by atoms with Crippen LogP contribution in [0.3, 0.4) is 0 Å². The van der Waals surface area contributed by atoms with Gasteiger partial charge in [-0.15, -0.1) is 0 Å². The number of phenols is 1. The molecule has 28 heavy (non-hydrogen) atoms. The van der Waals surface area contributed by atoms with Gasteiger partial charge in [0.1, 0.15) is 22.3 Å². The van der Waals surface area contributed by atoms with Crippen molar-refractivity contribution in [1.82, 2.24) is 9.97 Å². The summed E-state index contributed by atoms with van der Waals surface area (Å²) in [6.07, 6.45) is 3.19. The molecule has 0 aliphatic carbocycles. The van der Waals surface area contributed by atoms with Crippen LogP contribution in [0.4, 0.5) is 17.4 Å². The average molecular weight is 374 g/mol. The molecule has 0 radical (unpaired) electrons. The molecule has 2 heterocycles. The maximum Gasteiger partial charge on any atom is 0.433 e. The second-order valence-corrected chi connectivity index (χ2v) is 5.89. The molecule has 8 nitrogen and oxygen atoms in total. The monoisotopic (exact) mass is 374 g/mol. The quantitative estimate of drug-likeness (QED) is 0.294. The summed E-state index contributed by atoms with van der Waals surface area (Å²) < 4.78 is 5.11. The van der Waals surface area contributed by atoms with Gasteiger partial charge in [0.05, 0.1) is 11.6 Å². The summed E-state index contributed by atoms with van der Waals surface area (Å²) in [4.78, 5) is 19.1. The predicted octanol–water partition coefficient (Wildman–Crippen LogP) is 4.75. The predicted molar refractivity (Wildman–Crippen MR) is 105 cm³/mol. The topological polar surface area (TPSA) is 114 Å². The lowest BCUT2D eigenvalue weighted by atomic mass is 10.2. The minimum Gasteiger partial charge on any atom is -0.508 e. The van der Waals surface area contributed by atoms with Gasteiger partial charge in [0.25, 0.3) is 0 Å². The number of anilines is 2. The van der Waals surface area contributed by atoms with Gasteiger partial charge < -0.3 is 14.8 Å². The molecule has 0 bridgehead atoms. The molecule has 0 saturated heterocycles. The normalized spacial score (nSPS) is 11.1. The molecule has 2 aromatic carbocycles. The van der Waals surface area contributed by atoms with E-state index in [1.54, 1.807) is 36.4 Å². The van der Waals surface area contributed by atoms with Crippen LogP contribution < -0.4 is 5.32 Å². The third-order valence-corrected chi connectivity index (χ3v) is 3.94. The van der Waals surface area contributed by atoms with E-state index in [-0.39, 0.29) is 11.6 Å². The van der Waals surface area contributed by atoms with Crippen LogP contribution in [0.25, 0.3) is 23.1 Å². The highest BCUT2D eigenvalue weighted by Crippen LogP contribution is 2.25. The average Bonchev–Trinajstić information content (AvgIpc) is 3.18. The molecular weight excluding hydrogens is 360 g/mol. The zero-order valence-corrected chi connectivity index (χ0v) is 14.4. The van der Waals surface area contributed by atoms with Crippen molar-refractivity contribution in [3.05, 3.63) is 82.4 Å². The molecule has 0 amide bonds. The van der Waals surface area contributed by atoms with Gasteiger partial charge in [-0.25, -0.2) is 9.97 Å². The number of aromatic nitrogens is 2. The second kappa shape index (κ2) is 7.20. The van der Waals surface area contributed by atoms with Crippen molar-refractivity contribution in [2.75, 3.05) is 5.32 Å². The first-order valence-electron chi connectivity index (χ1n) is 8.34. The third-order valence-electron chi connectivity index (χ3n) is 3.94. The number of phenolic OH excluding ortho intramolecular Hbond substituents is 1. The van der Waals surface area contributed by atoms with Crippen LogP contribution in [0, 0.1) is 10.1 Å². The van der Waals surface area contributed by atoms with Crippen LogP contribution in [0.2, 0.25) is 0 Å². The molecule has 138 valence electrons. The van der Waals surface area contributed by atoms with Crippen LogP contribution in [0.15, 0.2) is 65.1 Å². The van der Waals surface area contributed by atoms with Crippen molar-refractivity contribution in [3.8, 4) is 5.75 Å². The lowest BCUT2D eigenvalue weighted by molar-refractivity contribution is -0.402. The van der Waals surface area contributed by atoms with Crippen molar-refractivity contribution in [2.45, 2.75) is 0 Å². The minimum absolute atomic E-state index is 0.175. The lowest BCUT2D eigenvalue weighted by Gasteiger charge is -2.10. The third kappa shape index (κ3) is 3.65. The van der Waals surface area contributed by atoms with Crippen LogP contribution >= 0.6 is 0 Å². The molecular formula is C20H14N4O4. The zero-order valence-electron chi connectivity index (χ0n) is 14.4. The Labute approximate surface area is 158 Å². The Morgan fingerprint density at radius 2 is 1.79 bits per heavy atom. The maximum absolute atomic E-state index is 10.7. The number of rotatable bonds is 5. The molecule has 4 aromatic rings. The molecule has 0 atom stereocenters. The highest BCUT2D eigenvalue weighted by atomic mass is 16.6. The Bertz CT molecular complexity index is 1180. The molecule has 0 saturated carbocycles. The van der Waals surface area contributed by atoms with Gasteiger partial charge in [-0.05, 0) is 54.6 Å². The number of hydrogen-bond acceptors (Lipinski definition) is 7. The van der Waals surface area contributed by atoms with Gasteiger partial charge in [0, 0.05) is 11.1 Å². The highest BCUT2D eigenvalue weighted by Gasteiger charge is 2.10. The van der Waals surface area contributed by atoms with E-state index in [1.165, 1.54) is 12.1 Å². The fraction of sp³-hybridized carbons (Fsp3) is 0. The van der Waals surface area contributed by atoms with Crippen LogP contribution in [0.5, 0.6) is 5.75 Å². The number of nitrogens with one attached hydrogen (secondary N) is 1. The van der Waals surface area contributed by atoms with Crippen molar-refractivity contribution < 1.29 is 14.4 Å². The first-order valence-corrected chi connectivity index (χ1v) is 8.34. The number of para-hydroxylation sites is 1. The Morgan fingerprint density at radius 3 is 2.54 bits per heavy atom. The number of furan rings is 1. The molecule has 4 rings (SSSR count). The van der Waals surface area contributed by atoms with E-state index in [4.69, 9.17) is 4.42 Å². The standard InChI is InChI=1S/C20H14N4O4/c25-14-7-5-13(6-8-14)21-20-16-3-1-2-4-17(16)22-18(23-20)11-9-15-10-12-19(28-15)24(26)27/h1-12,25H,(H,21,22,23)/b11-9+. The number of fused-ring (bicyclic) bond motifs is 1. The van der Waals surface area contributed by atoms with E-state index in [2.05, 4.69) is 15.3 Å². The van der Waals surface area contributed by atoms with Gasteiger partial charge in [0.2, 0.25) is 0 Å². The van der Waals surface area contributed by atoms with Crippen molar-refractivity contribution in [1.29, 1.82) is 0 Å². The zero-order chi connectivity index (χ0) is 19.5. The summed E-state index contributed by atoms with van der Waals surface area (Å²) in [5, 5.41) is 24.2. The summed E-state index contributed by atoms with van der Waals surface area (Å²) >= 11 is 0. The van der Waals surface area contributed by atoms with E-state index in [0.29, 0.717) is 17.4 Å². The molecule has 0 aliphatic rings. The van der Waals surface area contributed by atoms with E-state index < -0.39 is 4.92 Å². The number of nitro groups is 1. The Hall–Kier alpha value is -4.20. The fourth-order valence-electron chi connectivity index (χ4n) is 2.63. The number of nitrogens with zero attached hydrogens (tertiary/aromatic N) is 3.